The fourth-order valence-electron chi connectivity index (χ4n) is 2.90. The third-order valence-electron chi connectivity index (χ3n) is 4.54. The number of nitrogens with zero attached hydrogens (tertiary/aromatic N) is 1. The zero-order valence-electron chi connectivity index (χ0n) is 18.1. The molecule has 29 heavy (non-hydrogen) atoms. The molecule has 1 rings (SSSR count). The lowest BCUT2D eigenvalue weighted by molar-refractivity contribution is -0.146. The molecule has 1 aliphatic rings. The molecule has 0 aromatic rings. The highest BCUT2D eigenvalue weighted by atomic mass is 16.6. The second-order valence-electron chi connectivity index (χ2n) is 6.95. The molecular formula is C20H37NO8. The van der Waals surface area contributed by atoms with Gasteiger partial charge in [0.05, 0.1) is 79.1 Å². The lowest BCUT2D eigenvalue weighted by Crippen LogP contribution is -2.40. The largest absolute Gasteiger partial charge is 0.469 e. The van der Waals surface area contributed by atoms with Gasteiger partial charge in [-0.1, -0.05) is 13.8 Å². The maximum atomic E-state index is 12.9. The van der Waals surface area contributed by atoms with Gasteiger partial charge >= 0.3 is 5.97 Å². The molecule has 0 N–H and O–H groups in total. The summed E-state index contributed by atoms with van der Waals surface area (Å²) in [6.45, 7) is 9.25. The molecule has 0 aliphatic carbocycles. The molecular weight excluding hydrogens is 382 g/mol. The number of hydrogen-bond acceptors (Lipinski definition) is 8. The lowest BCUT2D eigenvalue weighted by atomic mass is 9.96. The molecule has 1 saturated heterocycles. The molecule has 9 nitrogen and oxygen atoms in total. The summed E-state index contributed by atoms with van der Waals surface area (Å²) in [6.07, 6.45) is 0.438. The van der Waals surface area contributed by atoms with E-state index in [1.54, 1.807) is 11.8 Å². The van der Waals surface area contributed by atoms with E-state index in [-0.39, 0.29) is 23.7 Å². The maximum absolute atomic E-state index is 12.9. The van der Waals surface area contributed by atoms with Crippen LogP contribution in [0.3, 0.4) is 0 Å². The Hall–Kier alpha value is -1.26. The molecule has 170 valence electrons. The van der Waals surface area contributed by atoms with E-state index in [4.69, 9.17) is 28.4 Å². The number of hydrogen-bond donors (Lipinski definition) is 0. The smallest absolute Gasteiger partial charge is 0.308 e. The van der Waals surface area contributed by atoms with Crippen molar-refractivity contribution in [2.24, 2.45) is 11.8 Å². The van der Waals surface area contributed by atoms with Crippen molar-refractivity contribution in [3.8, 4) is 0 Å². The van der Waals surface area contributed by atoms with Crippen molar-refractivity contribution in [1.29, 1.82) is 0 Å². The Balaban J connectivity index is 2.51. The van der Waals surface area contributed by atoms with Crippen LogP contribution < -0.4 is 0 Å². The van der Waals surface area contributed by atoms with Crippen molar-refractivity contribution in [2.45, 2.75) is 20.3 Å². The number of rotatable bonds is 4. The van der Waals surface area contributed by atoms with Gasteiger partial charge in [-0.25, -0.2) is 0 Å². The average Bonchev–Trinajstić information content (AvgIpc) is 2.72. The Morgan fingerprint density at radius 3 is 1.48 bits per heavy atom. The van der Waals surface area contributed by atoms with Crippen molar-refractivity contribution in [3.05, 3.63) is 0 Å². The molecule has 9 heteroatoms. The topological polar surface area (TPSA) is 92.8 Å². The molecule has 0 aromatic heterocycles. The van der Waals surface area contributed by atoms with Crippen LogP contribution in [0, 0.1) is 11.8 Å². The molecule has 0 aromatic carbocycles. The van der Waals surface area contributed by atoms with Crippen LogP contribution in [-0.2, 0) is 38.0 Å². The van der Waals surface area contributed by atoms with Gasteiger partial charge in [-0.2, -0.15) is 0 Å². The molecule has 0 saturated carbocycles. The minimum atomic E-state index is -0.329. The first-order valence-corrected chi connectivity index (χ1v) is 10.3. The number of ether oxygens (including phenoxy) is 6. The fourth-order valence-corrected chi connectivity index (χ4v) is 2.90. The summed E-state index contributed by atoms with van der Waals surface area (Å²) < 4.78 is 32.2. The van der Waals surface area contributed by atoms with Crippen LogP contribution in [0.1, 0.15) is 20.3 Å². The molecule has 1 fully saturated rings. The Bertz CT molecular complexity index is 430. The van der Waals surface area contributed by atoms with Crippen molar-refractivity contribution in [1.82, 2.24) is 4.90 Å². The first-order valence-electron chi connectivity index (χ1n) is 10.3. The molecule has 0 spiro atoms. The summed E-state index contributed by atoms with van der Waals surface area (Å²) in [5, 5.41) is 0. The number of carbonyl (C=O) groups is 2. The van der Waals surface area contributed by atoms with E-state index in [0.717, 1.165) is 0 Å². The molecule has 0 radical (unpaired) electrons. The van der Waals surface area contributed by atoms with Gasteiger partial charge in [0.15, 0.2) is 0 Å². The minimum absolute atomic E-state index is 0.0213. The Kier molecular flexibility index (Phi) is 14.7. The summed E-state index contributed by atoms with van der Waals surface area (Å²) in [6, 6.07) is 0. The SMILES string of the molecule is COC(=O)C(C)CC(C)C(=O)N1CCOCCOCCOCCOCCOCC1. The van der Waals surface area contributed by atoms with Gasteiger partial charge in [0.2, 0.25) is 5.91 Å². The highest BCUT2D eigenvalue weighted by molar-refractivity contribution is 5.79. The molecule has 2 atom stereocenters. The number of esters is 1. The van der Waals surface area contributed by atoms with E-state index < -0.39 is 0 Å². The summed E-state index contributed by atoms with van der Waals surface area (Å²) in [7, 11) is 1.36. The van der Waals surface area contributed by atoms with Crippen LogP contribution in [0.15, 0.2) is 0 Å². The second kappa shape index (κ2) is 16.5. The summed E-state index contributed by atoms with van der Waals surface area (Å²) in [5.41, 5.74) is 0. The first kappa shape index (κ1) is 25.8. The van der Waals surface area contributed by atoms with Crippen molar-refractivity contribution >= 4 is 11.9 Å². The number of methoxy groups -OCH3 is 1. The van der Waals surface area contributed by atoms with Gasteiger partial charge in [0, 0.05) is 19.0 Å². The van der Waals surface area contributed by atoms with Gasteiger partial charge in [0.1, 0.15) is 0 Å². The Morgan fingerprint density at radius 2 is 1.10 bits per heavy atom. The quantitative estimate of drug-likeness (QED) is 0.617. The van der Waals surface area contributed by atoms with Crippen LogP contribution in [0.5, 0.6) is 0 Å². The molecule has 1 heterocycles. The van der Waals surface area contributed by atoms with Gasteiger partial charge in [-0.05, 0) is 6.42 Å². The minimum Gasteiger partial charge on any atom is -0.469 e. The summed E-state index contributed by atoms with van der Waals surface area (Å²) >= 11 is 0. The predicted molar refractivity (Wildman–Crippen MR) is 106 cm³/mol. The monoisotopic (exact) mass is 419 g/mol. The molecule has 0 bridgehead atoms. The van der Waals surface area contributed by atoms with E-state index in [1.165, 1.54) is 7.11 Å². The highest BCUT2D eigenvalue weighted by Gasteiger charge is 2.25. The van der Waals surface area contributed by atoms with Gasteiger partial charge in [-0.3, -0.25) is 9.59 Å². The summed E-state index contributed by atoms with van der Waals surface area (Å²) in [4.78, 5) is 26.2. The van der Waals surface area contributed by atoms with Crippen LogP contribution in [0.25, 0.3) is 0 Å². The standard InChI is InChI=1S/C20H37NO8/c1-17(16-18(2)20(23)24-3)19(22)21-4-6-25-8-10-27-12-14-29-15-13-28-11-9-26-7-5-21/h17-18H,4-16H2,1-3H3. The van der Waals surface area contributed by atoms with E-state index >= 15 is 0 Å². The summed E-state index contributed by atoms with van der Waals surface area (Å²) in [5.74, 6) is -0.952. The molecule has 1 amide bonds. The fraction of sp³-hybridized carbons (Fsp3) is 0.900. The van der Waals surface area contributed by atoms with Gasteiger partial charge in [0.25, 0.3) is 0 Å². The van der Waals surface area contributed by atoms with Crippen LogP contribution in [0.2, 0.25) is 0 Å². The number of carbonyl (C=O) groups excluding carboxylic acids is 2. The highest BCUT2D eigenvalue weighted by Crippen LogP contribution is 2.16. The van der Waals surface area contributed by atoms with Crippen LogP contribution in [0.4, 0.5) is 0 Å². The normalized spacial score (nSPS) is 21.4. The first-order chi connectivity index (χ1) is 14.1. The van der Waals surface area contributed by atoms with Crippen molar-refractivity contribution in [2.75, 3.05) is 86.3 Å². The van der Waals surface area contributed by atoms with Crippen molar-refractivity contribution in [3.63, 3.8) is 0 Å². The van der Waals surface area contributed by atoms with Gasteiger partial charge in [-0.15, -0.1) is 0 Å². The number of amides is 1. The zero-order valence-corrected chi connectivity index (χ0v) is 18.1. The molecule has 1 aliphatic heterocycles. The van der Waals surface area contributed by atoms with E-state index in [2.05, 4.69) is 0 Å². The van der Waals surface area contributed by atoms with Gasteiger partial charge < -0.3 is 33.3 Å². The third kappa shape index (κ3) is 12.1. The third-order valence-corrected chi connectivity index (χ3v) is 4.54. The Labute approximate surface area is 173 Å². The van der Waals surface area contributed by atoms with Crippen LogP contribution in [-0.4, -0.2) is 103 Å². The lowest BCUT2D eigenvalue weighted by Gasteiger charge is -2.26. The van der Waals surface area contributed by atoms with Crippen LogP contribution >= 0.6 is 0 Å². The second-order valence-corrected chi connectivity index (χ2v) is 6.95. The Morgan fingerprint density at radius 1 is 0.724 bits per heavy atom. The zero-order chi connectivity index (χ0) is 21.3. The maximum Gasteiger partial charge on any atom is 0.308 e. The predicted octanol–water partition coefficient (Wildman–Crippen LogP) is 0.747. The van der Waals surface area contributed by atoms with E-state index in [0.29, 0.717) is 85.6 Å². The van der Waals surface area contributed by atoms with E-state index in [9.17, 15) is 9.59 Å². The van der Waals surface area contributed by atoms with E-state index in [1.807, 2.05) is 6.92 Å². The van der Waals surface area contributed by atoms with Crippen molar-refractivity contribution < 1.29 is 38.0 Å². The molecule has 2 unspecified atom stereocenters. The average molecular weight is 420 g/mol.